The van der Waals surface area contributed by atoms with Crippen LogP contribution in [0.5, 0.6) is 0 Å². The molecule has 108 valence electrons. The number of aliphatic hydroxyl groups excluding tert-OH is 1. The van der Waals surface area contributed by atoms with Gasteiger partial charge in [0, 0.05) is 7.11 Å². The van der Waals surface area contributed by atoms with Crippen LogP contribution in [0.3, 0.4) is 0 Å². The Morgan fingerprint density at radius 2 is 1.48 bits per heavy atom. The van der Waals surface area contributed by atoms with Gasteiger partial charge in [-0.3, -0.25) is 0 Å². The van der Waals surface area contributed by atoms with Crippen LogP contribution in [-0.2, 0) is 10.3 Å². The lowest BCUT2D eigenvalue weighted by molar-refractivity contribution is 0.0335. The fourth-order valence-electron chi connectivity index (χ4n) is 3.27. The van der Waals surface area contributed by atoms with Crippen molar-refractivity contribution in [3.05, 3.63) is 83.4 Å². The summed E-state index contributed by atoms with van der Waals surface area (Å²) in [5.74, 6) is 0. The van der Waals surface area contributed by atoms with Gasteiger partial charge in [0.25, 0.3) is 0 Å². The van der Waals surface area contributed by atoms with E-state index in [9.17, 15) is 5.11 Å². The summed E-state index contributed by atoms with van der Waals surface area (Å²) in [5.41, 5.74) is 2.33. The molecule has 1 aliphatic rings. The van der Waals surface area contributed by atoms with Crippen molar-refractivity contribution >= 4 is 0 Å². The number of ether oxygens (including phenoxy) is 1. The Bertz CT molecular complexity index is 577. The third-order valence-electron chi connectivity index (χ3n) is 4.24. The zero-order valence-electron chi connectivity index (χ0n) is 12.2. The second-order valence-corrected chi connectivity index (χ2v) is 5.37. The zero-order chi connectivity index (χ0) is 14.7. The van der Waals surface area contributed by atoms with Crippen molar-refractivity contribution in [3.8, 4) is 0 Å². The summed E-state index contributed by atoms with van der Waals surface area (Å²) in [7, 11) is 1.71. The van der Waals surface area contributed by atoms with Crippen molar-refractivity contribution in [1.82, 2.24) is 0 Å². The Morgan fingerprint density at radius 1 is 0.952 bits per heavy atom. The number of hydrogen-bond donors (Lipinski definition) is 1. The Kier molecular flexibility index (Phi) is 3.91. The van der Waals surface area contributed by atoms with Gasteiger partial charge in [-0.05, 0) is 29.5 Å². The van der Waals surface area contributed by atoms with E-state index in [0.717, 1.165) is 29.5 Å². The van der Waals surface area contributed by atoms with E-state index in [1.54, 1.807) is 7.11 Å². The predicted molar refractivity (Wildman–Crippen MR) is 84.0 cm³/mol. The van der Waals surface area contributed by atoms with E-state index in [0.29, 0.717) is 0 Å². The number of hydrogen-bond acceptors (Lipinski definition) is 2. The Labute approximate surface area is 125 Å². The summed E-state index contributed by atoms with van der Waals surface area (Å²) >= 11 is 0. The topological polar surface area (TPSA) is 29.5 Å². The van der Waals surface area contributed by atoms with Crippen LogP contribution in [0.15, 0.2) is 72.3 Å². The van der Waals surface area contributed by atoms with Crippen LogP contribution in [0.2, 0.25) is 0 Å². The van der Waals surface area contributed by atoms with Crippen molar-refractivity contribution in [2.75, 3.05) is 7.11 Å². The van der Waals surface area contributed by atoms with E-state index in [1.165, 1.54) is 0 Å². The summed E-state index contributed by atoms with van der Waals surface area (Å²) in [6, 6.07) is 20.3. The molecule has 0 fully saturated rings. The summed E-state index contributed by atoms with van der Waals surface area (Å²) in [6.07, 6.45) is 3.32. The lowest BCUT2D eigenvalue weighted by Gasteiger charge is -2.36. The van der Waals surface area contributed by atoms with Gasteiger partial charge in [-0.2, -0.15) is 0 Å². The molecule has 0 saturated carbocycles. The monoisotopic (exact) mass is 280 g/mol. The molecule has 0 spiro atoms. The number of methoxy groups -OCH3 is 1. The van der Waals surface area contributed by atoms with Gasteiger partial charge in [-0.1, -0.05) is 66.7 Å². The van der Waals surface area contributed by atoms with Crippen molar-refractivity contribution in [1.29, 1.82) is 0 Å². The average molecular weight is 280 g/mol. The maximum Gasteiger partial charge on any atom is 0.141 e. The minimum atomic E-state index is -0.710. The highest BCUT2D eigenvalue weighted by molar-refractivity contribution is 5.47. The second-order valence-electron chi connectivity index (χ2n) is 5.37. The summed E-state index contributed by atoms with van der Waals surface area (Å²) in [5, 5.41) is 10.4. The van der Waals surface area contributed by atoms with Crippen molar-refractivity contribution in [2.45, 2.75) is 24.5 Å². The molecule has 0 bridgehead atoms. The highest BCUT2D eigenvalue weighted by Crippen LogP contribution is 2.44. The van der Waals surface area contributed by atoms with E-state index in [1.807, 2.05) is 36.4 Å². The van der Waals surface area contributed by atoms with Gasteiger partial charge in [0.15, 0.2) is 0 Å². The zero-order valence-corrected chi connectivity index (χ0v) is 12.2. The SMILES string of the molecule is COC(C1=CCCC1O)(c1ccccc1)c1ccccc1. The molecule has 2 nitrogen and oxygen atoms in total. The fraction of sp³-hybridized carbons (Fsp3) is 0.263. The number of aliphatic hydroxyl groups is 1. The van der Waals surface area contributed by atoms with E-state index < -0.39 is 11.7 Å². The molecule has 0 heterocycles. The Hall–Kier alpha value is -1.90. The smallest absolute Gasteiger partial charge is 0.141 e. The summed E-state index contributed by atoms with van der Waals surface area (Å²) < 4.78 is 6.04. The molecule has 1 atom stereocenters. The first-order valence-corrected chi connectivity index (χ1v) is 7.34. The highest BCUT2D eigenvalue weighted by atomic mass is 16.5. The molecule has 1 aliphatic carbocycles. The molecule has 0 aliphatic heterocycles. The third kappa shape index (κ3) is 2.31. The van der Waals surface area contributed by atoms with Crippen LogP contribution in [0.1, 0.15) is 24.0 Å². The third-order valence-corrected chi connectivity index (χ3v) is 4.24. The van der Waals surface area contributed by atoms with Crippen molar-refractivity contribution < 1.29 is 9.84 Å². The maximum atomic E-state index is 10.4. The molecule has 2 heteroatoms. The van der Waals surface area contributed by atoms with Crippen LogP contribution in [-0.4, -0.2) is 18.3 Å². The standard InChI is InChI=1S/C19H20O2/c1-21-19(15-9-4-2-5-10-15,16-11-6-3-7-12-16)17-13-8-14-18(17)20/h2-7,9-13,18,20H,8,14H2,1H3. The van der Waals surface area contributed by atoms with Crippen LogP contribution >= 0.6 is 0 Å². The van der Waals surface area contributed by atoms with Gasteiger partial charge in [-0.15, -0.1) is 0 Å². The average Bonchev–Trinajstić information content (AvgIpc) is 2.98. The maximum absolute atomic E-state index is 10.4. The number of rotatable bonds is 4. The Morgan fingerprint density at radius 3 is 1.86 bits per heavy atom. The van der Waals surface area contributed by atoms with E-state index >= 15 is 0 Å². The first-order chi connectivity index (χ1) is 10.3. The quantitative estimate of drug-likeness (QED) is 0.866. The van der Waals surface area contributed by atoms with Crippen LogP contribution in [0.25, 0.3) is 0 Å². The van der Waals surface area contributed by atoms with Gasteiger partial charge >= 0.3 is 0 Å². The van der Waals surface area contributed by atoms with Gasteiger partial charge in [-0.25, -0.2) is 0 Å². The van der Waals surface area contributed by atoms with E-state index in [2.05, 4.69) is 30.3 Å². The van der Waals surface area contributed by atoms with Gasteiger partial charge in [0.05, 0.1) is 6.10 Å². The molecule has 0 aromatic heterocycles. The van der Waals surface area contributed by atoms with Crippen LogP contribution in [0, 0.1) is 0 Å². The fourth-order valence-corrected chi connectivity index (χ4v) is 3.27. The molecule has 2 aromatic carbocycles. The molecular weight excluding hydrogens is 260 g/mol. The highest BCUT2D eigenvalue weighted by Gasteiger charge is 2.42. The second kappa shape index (κ2) is 5.84. The molecule has 21 heavy (non-hydrogen) atoms. The molecule has 1 N–H and O–H groups in total. The first-order valence-electron chi connectivity index (χ1n) is 7.34. The molecule has 0 radical (unpaired) electrons. The molecular formula is C19H20O2. The van der Waals surface area contributed by atoms with E-state index in [4.69, 9.17) is 4.74 Å². The normalized spacial score (nSPS) is 18.6. The molecule has 3 rings (SSSR count). The summed E-state index contributed by atoms with van der Waals surface area (Å²) in [4.78, 5) is 0. The Balaban J connectivity index is 2.23. The molecule has 1 unspecified atom stereocenters. The minimum absolute atomic E-state index is 0.453. The number of allylic oxidation sites excluding steroid dienone is 1. The van der Waals surface area contributed by atoms with E-state index in [-0.39, 0.29) is 0 Å². The van der Waals surface area contributed by atoms with Crippen LogP contribution in [0.4, 0.5) is 0 Å². The predicted octanol–water partition coefficient (Wildman–Crippen LogP) is 3.66. The van der Waals surface area contributed by atoms with Gasteiger partial charge in [0.1, 0.15) is 5.60 Å². The lowest BCUT2D eigenvalue weighted by Crippen LogP contribution is -2.36. The number of benzene rings is 2. The van der Waals surface area contributed by atoms with Crippen molar-refractivity contribution in [2.24, 2.45) is 0 Å². The van der Waals surface area contributed by atoms with Gasteiger partial charge in [0.2, 0.25) is 0 Å². The largest absolute Gasteiger partial charge is 0.389 e. The minimum Gasteiger partial charge on any atom is -0.389 e. The van der Waals surface area contributed by atoms with Gasteiger partial charge < -0.3 is 9.84 Å². The lowest BCUT2D eigenvalue weighted by atomic mass is 9.78. The van der Waals surface area contributed by atoms with Crippen molar-refractivity contribution in [3.63, 3.8) is 0 Å². The molecule has 0 amide bonds. The van der Waals surface area contributed by atoms with Crippen LogP contribution < -0.4 is 0 Å². The molecule has 0 saturated heterocycles. The summed E-state index contributed by atoms with van der Waals surface area (Å²) in [6.45, 7) is 0. The molecule has 2 aromatic rings. The first kappa shape index (κ1) is 14.1.